The number of halogens is 6. The lowest BCUT2D eigenvalue weighted by Gasteiger charge is -2.36. The third kappa shape index (κ3) is 18.9. The summed E-state index contributed by atoms with van der Waals surface area (Å²) in [6.07, 6.45) is -7.64. The molecule has 5 amide bonds. The predicted molar refractivity (Wildman–Crippen MR) is 263 cm³/mol. The van der Waals surface area contributed by atoms with Crippen molar-refractivity contribution in [1.29, 1.82) is 0 Å². The number of urea groups is 2. The van der Waals surface area contributed by atoms with Crippen LogP contribution in [-0.2, 0) is 17.9 Å². The van der Waals surface area contributed by atoms with Gasteiger partial charge in [0.2, 0.25) is 5.91 Å². The first-order chi connectivity index (χ1) is 33.2. The van der Waals surface area contributed by atoms with Crippen LogP contribution in [0.15, 0.2) is 109 Å². The maximum absolute atomic E-state index is 13.4. The van der Waals surface area contributed by atoms with Gasteiger partial charge in [-0.3, -0.25) is 14.6 Å². The van der Waals surface area contributed by atoms with Gasteiger partial charge in [-0.15, -0.1) is 26.3 Å². The van der Waals surface area contributed by atoms with E-state index in [0.717, 1.165) is 64.2 Å². The van der Waals surface area contributed by atoms with Gasteiger partial charge < -0.3 is 40.5 Å². The number of benzene rings is 4. The number of hydrogen-bond acceptors (Lipinski definition) is 8. The molecule has 0 radical (unpaired) electrons. The van der Waals surface area contributed by atoms with Gasteiger partial charge in [-0.25, -0.2) is 9.59 Å². The topological polar surface area (TPSA) is 131 Å². The van der Waals surface area contributed by atoms with Crippen LogP contribution in [0.4, 0.5) is 47.3 Å². The lowest BCUT2D eigenvalue weighted by Crippen LogP contribution is -2.56. The number of carbonyl (C=O) groups excluding carboxylic acids is 3. The van der Waals surface area contributed by atoms with Crippen LogP contribution in [0, 0.1) is 10.8 Å². The molecule has 0 bridgehead atoms. The van der Waals surface area contributed by atoms with Gasteiger partial charge in [-0.1, -0.05) is 102 Å². The number of carbonyl (C=O) groups is 3. The number of rotatable bonds is 15. The molecule has 19 heteroatoms. The summed E-state index contributed by atoms with van der Waals surface area (Å²) in [4.78, 5) is 47.6. The van der Waals surface area contributed by atoms with Crippen molar-refractivity contribution in [2.75, 3.05) is 57.5 Å². The SMILES string of the molecule is CN(C(=O)[C@@H](NC(=O)Nc1ccc(OC(F)(F)F)cc1)C(C)(C)C)[C@H]1CCN(Cc2ccccc2)C1.CN(C[C@@H](NC(=O)Nc1ccc(OC(F)(F)F)cc1)C(C)(C)C)[C@H]1CCN(Cc2ccccc2)C1. The Morgan fingerprint density at radius 1 is 0.592 bits per heavy atom. The van der Waals surface area contributed by atoms with E-state index in [-0.39, 0.29) is 34.8 Å². The molecule has 4 aromatic carbocycles. The van der Waals surface area contributed by atoms with Crippen molar-refractivity contribution in [2.45, 2.75) is 104 Å². The van der Waals surface area contributed by atoms with Gasteiger partial charge in [0.05, 0.1) is 0 Å². The summed E-state index contributed by atoms with van der Waals surface area (Å²) in [5.74, 6) is -0.927. The van der Waals surface area contributed by atoms with Crippen LogP contribution in [0.5, 0.6) is 11.5 Å². The number of alkyl halides is 6. The molecule has 13 nitrogen and oxygen atoms in total. The Hall–Kier alpha value is -6.05. The Morgan fingerprint density at radius 3 is 1.41 bits per heavy atom. The first-order valence-corrected chi connectivity index (χ1v) is 23.6. The zero-order valence-corrected chi connectivity index (χ0v) is 41.7. The van der Waals surface area contributed by atoms with Gasteiger partial charge in [-0.05, 0) is 90.4 Å². The minimum absolute atomic E-state index is 0.0251. The van der Waals surface area contributed by atoms with Gasteiger partial charge in [0.25, 0.3) is 0 Å². The molecule has 4 aromatic rings. The number of ether oxygens (including phenoxy) is 2. The Balaban J connectivity index is 0.000000264. The lowest BCUT2D eigenvalue weighted by molar-refractivity contribution is -0.275. The molecule has 4 N–H and O–H groups in total. The van der Waals surface area contributed by atoms with E-state index in [0.29, 0.717) is 18.3 Å². The summed E-state index contributed by atoms with van der Waals surface area (Å²) < 4.78 is 81.7. The minimum atomic E-state index is -4.80. The van der Waals surface area contributed by atoms with E-state index in [4.69, 9.17) is 0 Å². The van der Waals surface area contributed by atoms with Gasteiger partial charge in [0, 0.05) is 82.4 Å². The van der Waals surface area contributed by atoms with Crippen LogP contribution >= 0.6 is 0 Å². The zero-order valence-electron chi connectivity index (χ0n) is 41.7. The van der Waals surface area contributed by atoms with Gasteiger partial charge in [-0.2, -0.15) is 0 Å². The van der Waals surface area contributed by atoms with Crippen molar-refractivity contribution in [3.05, 3.63) is 120 Å². The molecule has 0 aromatic heterocycles. The summed E-state index contributed by atoms with van der Waals surface area (Å²) in [5.41, 5.74) is 2.40. The molecule has 0 saturated carbocycles. The Labute approximate surface area is 413 Å². The van der Waals surface area contributed by atoms with E-state index in [1.54, 1.807) is 11.9 Å². The standard InChI is InChI=1S/C26H33F3N4O3.C26H35F3N4O2/c1-25(2,3)22(31-24(35)30-19-10-12-21(13-11-19)36-26(27,28)29)23(34)32(4)20-14-15-33(17-20)16-18-8-6-5-7-9-18;1-25(2,3)23(31-24(34)30-20-10-12-22(13-11-20)35-26(27,28)29)18-32(4)21-14-15-33(17-21)16-19-8-6-5-7-9-19/h5-13,20,22H,14-17H2,1-4H3,(H2,30,31,35);5-13,21,23H,14-18H2,1-4H3,(H2,30,31,34)/t20-,22+;21-,23+/m00/s1. The number of hydrogen-bond donors (Lipinski definition) is 4. The molecular formula is C52H68F6N8O5. The number of amides is 5. The second-order valence-electron chi connectivity index (χ2n) is 20.3. The quantitative estimate of drug-likeness (QED) is 0.0867. The van der Waals surface area contributed by atoms with Crippen molar-refractivity contribution in [2.24, 2.45) is 10.8 Å². The van der Waals surface area contributed by atoms with Crippen LogP contribution in [0.1, 0.15) is 65.5 Å². The average molecular weight is 999 g/mol. The first-order valence-electron chi connectivity index (χ1n) is 23.6. The number of likely N-dealkylation sites (tertiary alicyclic amines) is 2. The third-order valence-corrected chi connectivity index (χ3v) is 12.4. The predicted octanol–water partition coefficient (Wildman–Crippen LogP) is 10.2. The first kappa shape index (κ1) is 55.9. The molecule has 2 fully saturated rings. The van der Waals surface area contributed by atoms with E-state index in [9.17, 15) is 40.7 Å². The van der Waals surface area contributed by atoms with Gasteiger partial charge in [0.1, 0.15) is 17.5 Å². The van der Waals surface area contributed by atoms with Crippen LogP contribution in [0.25, 0.3) is 0 Å². The summed E-state index contributed by atoms with van der Waals surface area (Å²) in [7, 11) is 3.85. The number of nitrogens with one attached hydrogen (secondary N) is 4. The molecule has 0 aliphatic carbocycles. The molecule has 2 aliphatic heterocycles. The maximum Gasteiger partial charge on any atom is 0.573 e. The smallest absolute Gasteiger partial charge is 0.406 e. The summed E-state index contributed by atoms with van der Waals surface area (Å²) in [6, 6.07) is 28.9. The number of nitrogens with zero attached hydrogens (tertiary/aromatic N) is 4. The second-order valence-corrected chi connectivity index (χ2v) is 20.3. The fraction of sp³-hybridized carbons (Fsp3) is 0.481. The molecule has 0 spiro atoms. The Bertz CT molecular complexity index is 2290. The summed E-state index contributed by atoms with van der Waals surface area (Å²) >= 11 is 0. The third-order valence-electron chi connectivity index (χ3n) is 12.4. The van der Waals surface area contributed by atoms with Crippen LogP contribution in [0.2, 0.25) is 0 Å². The van der Waals surface area contributed by atoms with Gasteiger partial charge in [0.15, 0.2) is 0 Å². The van der Waals surface area contributed by atoms with Crippen molar-refractivity contribution in [3.8, 4) is 11.5 Å². The van der Waals surface area contributed by atoms with E-state index in [1.807, 2.05) is 45.0 Å². The Kier molecular flexibility index (Phi) is 19.2. The highest BCUT2D eigenvalue weighted by atomic mass is 19.4. The van der Waals surface area contributed by atoms with Crippen LogP contribution in [-0.4, -0.2) is 121 Å². The molecule has 2 aliphatic rings. The molecule has 388 valence electrons. The van der Waals surface area contributed by atoms with Gasteiger partial charge >= 0.3 is 24.8 Å². The molecule has 2 saturated heterocycles. The molecule has 71 heavy (non-hydrogen) atoms. The highest BCUT2D eigenvalue weighted by Crippen LogP contribution is 2.28. The van der Waals surface area contributed by atoms with Crippen molar-refractivity contribution < 1.29 is 50.2 Å². The monoisotopic (exact) mass is 999 g/mol. The fourth-order valence-corrected chi connectivity index (χ4v) is 8.38. The van der Waals surface area contributed by atoms with E-state index in [1.165, 1.54) is 47.5 Å². The molecule has 6 rings (SSSR count). The zero-order chi connectivity index (χ0) is 52.1. The van der Waals surface area contributed by atoms with Crippen molar-refractivity contribution in [1.82, 2.24) is 30.2 Å². The number of anilines is 2. The highest BCUT2D eigenvalue weighted by molar-refractivity contribution is 5.94. The molecule has 0 unspecified atom stereocenters. The second kappa shape index (κ2) is 24.4. The van der Waals surface area contributed by atoms with Crippen molar-refractivity contribution in [3.63, 3.8) is 0 Å². The molecular weight excluding hydrogens is 931 g/mol. The summed E-state index contributed by atoms with van der Waals surface area (Å²) in [6.45, 7) is 17.9. The van der Waals surface area contributed by atoms with Crippen LogP contribution < -0.4 is 30.7 Å². The highest BCUT2D eigenvalue weighted by Gasteiger charge is 2.39. The van der Waals surface area contributed by atoms with E-state index >= 15 is 0 Å². The fourth-order valence-electron chi connectivity index (χ4n) is 8.38. The average Bonchev–Trinajstić information content (AvgIpc) is 3.96. The van der Waals surface area contributed by atoms with Crippen molar-refractivity contribution >= 4 is 29.3 Å². The van der Waals surface area contributed by atoms with E-state index < -0.39 is 42.0 Å². The molecule has 2 heterocycles. The Morgan fingerprint density at radius 2 is 1.00 bits per heavy atom. The maximum atomic E-state index is 13.4. The van der Waals surface area contributed by atoms with Crippen LogP contribution in [0.3, 0.4) is 0 Å². The largest absolute Gasteiger partial charge is 0.573 e. The summed E-state index contributed by atoms with van der Waals surface area (Å²) in [5, 5.41) is 11.1. The lowest BCUT2D eigenvalue weighted by atomic mass is 9.85. The number of likely N-dealkylation sites (N-methyl/N-ethyl adjacent to an activating group) is 2. The molecule has 4 atom stereocenters. The van der Waals surface area contributed by atoms with E-state index in [2.05, 4.69) is 110 Å². The normalized spacial score (nSPS) is 17.6. The minimum Gasteiger partial charge on any atom is -0.406 e.